The highest BCUT2D eigenvalue weighted by molar-refractivity contribution is 5.82. The third kappa shape index (κ3) is 4.74. The maximum Gasteiger partial charge on any atom is 0.328 e. The van der Waals surface area contributed by atoms with Crippen molar-refractivity contribution >= 4 is 17.9 Å². The van der Waals surface area contributed by atoms with Gasteiger partial charge in [-0.3, -0.25) is 4.79 Å². The van der Waals surface area contributed by atoms with E-state index in [2.05, 4.69) is 5.32 Å². The van der Waals surface area contributed by atoms with E-state index in [1.165, 1.54) is 4.90 Å². The van der Waals surface area contributed by atoms with Crippen LogP contribution in [0.2, 0.25) is 0 Å². The number of nitrogens with one attached hydrogen (secondary N) is 1. The summed E-state index contributed by atoms with van der Waals surface area (Å²) in [4.78, 5) is 34.7. The number of carbonyl (C=O) groups excluding carboxylic acids is 2. The molecule has 0 unspecified atom stereocenters. The van der Waals surface area contributed by atoms with Crippen LogP contribution in [-0.2, 0) is 9.59 Å². The number of urea groups is 1. The minimum atomic E-state index is -1.30. The zero-order valence-electron chi connectivity index (χ0n) is 10.5. The number of hydrogen-bond donors (Lipinski definition) is 4. The maximum absolute atomic E-state index is 11.7. The standard InChI is InChI=1S/C11H19N3O5/c12-9(16)5-7-1-3-14(4-2-7)11(19)13-8(6-15)10(17)18/h7-8,15H,1-6H2,(H2,12,16)(H,13,19)(H,17,18)/t8-/m0/s1. The van der Waals surface area contributed by atoms with E-state index in [-0.39, 0.29) is 11.8 Å². The highest BCUT2D eigenvalue weighted by Crippen LogP contribution is 2.20. The Bertz CT molecular complexity index is 352. The molecule has 5 N–H and O–H groups in total. The van der Waals surface area contributed by atoms with Gasteiger partial charge in [0, 0.05) is 19.5 Å². The number of piperidine rings is 1. The van der Waals surface area contributed by atoms with Gasteiger partial charge in [0.05, 0.1) is 6.61 Å². The van der Waals surface area contributed by atoms with Crippen molar-refractivity contribution in [2.45, 2.75) is 25.3 Å². The monoisotopic (exact) mass is 273 g/mol. The van der Waals surface area contributed by atoms with Gasteiger partial charge in [-0.1, -0.05) is 0 Å². The lowest BCUT2D eigenvalue weighted by Crippen LogP contribution is -2.51. The smallest absolute Gasteiger partial charge is 0.328 e. The largest absolute Gasteiger partial charge is 0.480 e. The number of carbonyl (C=O) groups is 3. The molecular formula is C11H19N3O5. The Morgan fingerprint density at radius 3 is 2.32 bits per heavy atom. The average Bonchev–Trinajstić information content (AvgIpc) is 2.35. The summed E-state index contributed by atoms with van der Waals surface area (Å²) in [5.74, 6) is -1.46. The Balaban J connectivity index is 2.40. The number of nitrogens with zero attached hydrogens (tertiary/aromatic N) is 1. The molecule has 1 aliphatic heterocycles. The molecule has 0 saturated carbocycles. The number of amides is 3. The first-order chi connectivity index (χ1) is 8.93. The fourth-order valence-electron chi connectivity index (χ4n) is 2.05. The Labute approximate surface area is 110 Å². The molecule has 8 heteroatoms. The van der Waals surface area contributed by atoms with Gasteiger partial charge < -0.3 is 26.2 Å². The van der Waals surface area contributed by atoms with Gasteiger partial charge in [-0.25, -0.2) is 9.59 Å². The topological polar surface area (TPSA) is 133 Å². The number of hydrogen-bond acceptors (Lipinski definition) is 4. The number of likely N-dealkylation sites (tertiary alicyclic amines) is 1. The Kier molecular flexibility index (Phi) is 5.56. The summed E-state index contributed by atoms with van der Waals surface area (Å²) >= 11 is 0. The number of rotatable bonds is 5. The summed E-state index contributed by atoms with van der Waals surface area (Å²) in [7, 11) is 0. The zero-order chi connectivity index (χ0) is 14.4. The fraction of sp³-hybridized carbons (Fsp3) is 0.727. The summed E-state index contributed by atoms with van der Waals surface area (Å²) in [5.41, 5.74) is 5.11. The second-order valence-corrected chi connectivity index (χ2v) is 4.62. The first-order valence-corrected chi connectivity index (χ1v) is 6.11. The molecule has 108 valence electrons. The van der Waals surface area contributed by atoms with Gasteiger partial charge >= 0.3 is 12.0 Å². The molecule has 3 amide bonds. The van der Waals surface area contributed by atoms with Crippen molar-refractivity contribution in [1.29, 1.82) is 0 Å². The SMILES string of the molecule is NC(=O)CC1CCN(C(=O)N[C@@H](CO)C(=O)O)CC1. The Hall–Kier alpha value is -1.83. The Morgan fingerprint density at radius 2 is 1.89 bits per heavy atom. The molecule has 1 saturated heterocycles. The normalized spacial score (nSPS) is 17.8. The number of carboxylic acids is 1. The van der Waals surface area contributed by atoms with Crippen molar-refractivity contribution in [3.63, 3.8) is 0 Å². The van der Waals surface area contributed by atoms with Crippen LogP contribution in [0.1, 0.15) is 19.3 Å². The average molecular weight is 273 g/mol. The molecule has 0 bridgehead atoms. The van der Waals surface area contributed by atoms with E-state index in [1.807, 2.05) is 0 Å². The first-order valence-electron chi connectivity index (χ1n) is 6.11. The van der Waals surface area contributed by atoms with Gasteiger partial charge in [-0.15, -0.1) is 0 Å². The lowest BCUT2D eigenvalue weighted by atomic mass is 9.93. The van der Waals surface area contributed by atoms with E-state index in [0.29, 0.717) is 32.4 Å². The molecule has 1 fully saturated rings. The van der Waals surface area contributed by atoms with Crippen LogP contribution in [-0.4, -0.2) is 58.8 Å². The number of aliphatic hydroxyl groups excluding tert-OH is 1. The minimum Gasteiger partial charge on any atom is -0.480 e. The van der Waals surface area contributed by atoms with Gasteiger partial charge in [0.15, 0.2) is 6.04 Å². The van der Waals surface area contributed by atoms with Crippen molar-refractivity contribution in [2.24, 2.45) is 11.7 Å². The third-order valence-electron chi connectivity index (χ3n) is 3.17. The van der Waals surface area contributed by atoms with Crippen LogP contribution >= 0.6 is 0 Å². The van der Waals surface area contributed by atoms with Crippen molar-refractivity contribution in [3.05, 3.63) is 0 Å². The first kappa shape index (κ1) is 15.2. The van der Waals surface area contributed by atoms with Crippen molar-refractivity contribution in [2.75, 3.05) is 19.7 Å². The van der Waals surface area contributed by atoms with Gasteiger partial charge in [-0.05, 0) is 18.8 Å². The highest BCUT2D eigenvalue weighted by atomic mass is 16.4. The summed E-state index contributed by atoms with van der Waals surface area (Å²) in [6.45, 7) is 0.238. The van der Waals surface area contributed by atoms with Crippen LogP contribution in [0.5, 0.6) is 0 Å². The second-order valence-electron chi connectivity index (χ2n) is 4.62. The van der Waals surface area contributed by atoms with Gasteiger partial charge in [0.2, 0.25) is 5.91 Å². The van der Waals surface area contributed by atoms with Crippen LogP contribution < -0.4 is 11.1 Å². The van der Waals surface area contributed by atoms with Crippen molar-refractivity contribution in [3.8, 4) is 0 Å². The van der Waals surface area contributed by atoms with Crippen molar-refractivity contribution in [1.82, 2.24) is 10.2 Å². The van der Waals surface area contributed by atoms with Crippen molar-refractivity contribution < 1.29 is 24.6 Å². The molecule has 1 rings (SSSR count). The highest BCUT2D eigenvalue weighted by Gasteiger charge is 2.26. The predicted octanol–water partition coefficient (Wildman–Crippen LogP) is -1.27. The lowest BCUT2D eigenvalue weighted by molar-refractivity contribution is -0.140. The molecule has 0 spiro atoms. The molecule has 0 aromatic rings. The van der Waals surface area contributed by atoms with E-state index in [0.717, 1.165) is 0 Å². The van der Waals surface area contributed by atoms with E-state index in [4.69, 9.17) is 15.9 Å². The number of primary amides is 1. The lowest BCUT2D eigenvalue weighted by Gasteiger charge is -2.32. The molecule has 0 aromatic carbocycles. The van der Waals surface area contributed by atoms with Crippen LogP contribution in [0.25, 0.3) is 0 Å². The van der Waals surface area contributed by atoms with Gasteiger partial charge in [0.1, 0.15) is 0 Å². The van der Waals surface area contributed by atoms with E-state index in [9.17, 15) is 14.4 Å². The van der Waals surface area contributed by atoms with E-state index < -0.39 is 24.6 Å². The summed E-state index contributed by atoms with van der Waals surface area (Å²) < 4.78 is 0. The zero-order valence-corrected chi connectivity index (χ0v) is 10.5. The number of carboxylic acid groups (broad SMARTS) is 1. The number of aliphatic carboxylic acids is 1. The van der Waals surface area contributed by atoms with Crippen LogP contribution in [0, 0.1) is 5.92 Å². The van der Waals surface area contributed by atoms with E-state index >= 15 is 0 Å². The molecule has 0 aromatic heterocycles. The maximum atomic E-state index is 11.7. The predicted molar refractivity (Wildman–Crippen MR) is 65.1 cm³/mol. The fourth-order valence-corrected chi connectivity index (χ4v) is 2.05. The molecule has 8 nitrogen and oxygen atoms in total. The molecule has 0 radical (unpaired) electrons. The molecular weight excluding hydrogens is 254 g/mol. The molecule has 1 atom stereocenters. The quantitative estimate of drug-likeness (QED) is 0.495. The Morgan fingerprint density at radius 1 is 1.32 bits per heavy atom. The molecule has 1 heterocycles. The number of nitrogens with two attached hydrogens (primary N) is 1. The van der Waals surface area contributed by atoms with Crippen LogP contribution in [0.3, 0.4) is 0 Å². The van der Waals surface area contributed by atoms with Crippen LogP contribution in [0.15, 0.2) is 0 Å². The summed E-state index contributed by atoms with van der Waals surface area (Å²) in [6.07, 6.45) is 1.63. The third-order valence-corrected chi connectivity index (χ3v) is 3.17. The second kappa shape index (κ2) is 6.93. The van der Waals surface area contributed by atoms with Crippen LogP contribution in [0.4, 0.5) is 4.79 Å². The van der Waals surface area contributed by atoms with E-state index in [1.54, 1.807) is 0 Å². The molecule has 19 heavy (non-hydrogen) atoms. The molecule has 0 aliphatic carbocycles. The summed E-state index contributed by atoms with van der Waals surface area (Å²) in [6, 6.07) is -1.81. The van der Waals surface area contributed by atoms with Gasteiger partial charge in [0.25, 0.3) is 0 Å². The number of aliphatic hydroxyl groups is 1. The van der Waals surface area contributed by atoms with Gasteiger partial charge in [-0.2, -0.15) is 0 Å². The summed E-state index contributed by atoms with van der Waals surface area (Å²) in [5, 5.41) is 19.8. The molecule has 1 aliphatic rings. The minimum absolute atomic E-state index is 0.176.